The van der Waals surface area contributed by atoms with Crippen molar-refractivity contribution in [2.75, 3.05) is 10.6 Å². The molecule has 2 amide bonds. The fraction of sp³-hybridized carbons (Fsp3) is 0.0909. The van der Waals surface area contributed by atoms with Crippen molar-refractivity contribution in [2.24, 2.45) is 7.05 Å². The van der Waals surface area contributed by atoms with Gasteiger partial charge in [0.1, 0.15) is 5.82 Å². The summed E-state index contributed by atoms with van der Waals surface area (Å²) in [6.07, 6.45) is 1.52. The third-order valence-corrected chi connectivity index (χ3v) is 3.30. The Morgan fingerprint density at radius 1 is 1.30 bits per heavy atom. The SMILES string of the molecule is Cn1nccc1NC(=O)Nc1cccc(S(=O)(=O)O)c1. The number of benzene rings is 1. The number of urea groups is 1. The molecule has 1 aromatic heterocycles. The number of nitrogens with zero attached hydrogens (tertiary/aromatic N) is 2. The van der Waals surface area contributed by atoms with Crippen LogP contribution in [0, 0.1) is 0 Å². The van der Waals surface area contributed by atoms with Gasteiger partial charge in [0.05, 0.1) is 11.1 Å². The Morgan fingerprint density at radius 3 is 2.65 bits per heavy atom. The van der Waals surface area contributed by atoms with E-state index in [2.05, 4.69) is 15.7 Å². The number of hydrogen-bond donors (Lipinski definition) is 3. The molecule has 0 spiro atoms. The van der Waals surface area contributed by atoms with Gasteiger partial charge in [-0.25, -0.2) is 4.79 Å². The highest BCUT2D eigenvalue weighted by atomic mass is 32.2. The van der Waals surface area contributed by atoms with Gasteiger partial charge >= 0.3 is 6.03 Å². The summed E-state index contributed by atoms with van der Waals surface area (Å²) in [5.74, 6) is 0.480. The van der Waals surface area contributed by atoms with Crippen LogP contribution in [0.4, 0.5) is 16.3 Å². The van der Waals surface area contributed by atoms with Crippen molar-refractivity contribution >= 4 is 27.7 Å². The monoisotopic (exact) mass is 296 g/mol. The first-order valence-electron chi connectivity index (χ1n) is 5.50. The maximum Gasteiger partial charge on any atom is 0.324 e. The fourth-order valence-corrected chi connectivity index (χ4v) is 2.04. The largest absolute Gasteiger partial charge is 0.324 e. The van der Waals surface area contributed by atoms with E-state index in [1.165, 1.54) is 29.1 Å². The van der Waals surface area contributed by atoms with Crippen molar-refractivity contribution in [3.8, 4) is 0 Å². The quantitative estimate of drug-likeness (QED) is 0.739. The van der Waals surface area contributed by atoms with Gasteiger partial charge in [0.15, 0.2) is 0 Å². The van der Waals surface area contributed by atoms with E-state index in [0.29, 0.717) is 5.82 Å². The molecule has 0 aliphatic heterocycles. The zero-order chi connectivity index (χ0) is 14.8. The first kappa shape index (κ1) is 14.0. The third-order valence-electron chi connectivity index (χ3n) is 2.45. The summed E-state index contributed by atoms with van der Waals surface area (Å²) < 4.78 is 32.4. The highest BCUT2D eigenvalue weighted by Crippen LogP contribution is 2.15. The summed E-state index contributed by atoms with van der Waals surface area (Å²) in [5, 5.41) is 8.87. The summed E-state index contributed by atoms with van der Waals surface area (Å²) in [6, 6.07) is 6.33. The van der Waals surface area contributed by atoms with Crippen molar-refractivity contribution in [1.82, 2.24) is 9.78 Å². The van der Waals surface area contributed by atoms with Crippen molar-refractivity contribution < 1.29 is 17.8 Å². The van der Waals surface area contributed by atoms with Crippen LogP contribution in [0.2, 0.25) is 0 Å². The number of rotatable bonds is 3. The summed E-state index contributed by atoms with van der Waals surface area (Å²) in [7, 11) is -2.64. The number of carbonyl (C=O) groups excluding carboxylic acids is 1. The number of aromatic nitrogens is 2. The van der Waals surface area contributed by atoms with Crippen molar-refractivity contribution in [1.29, 1.82) is 0 Å². The molecular weight excluding hydrogens is 284 g/mol. The molecule has 2 aromatic rings. The summed E-state index contributed by atoms with van der Waals surface area (Å²) in [5.41, 5.74) is 0.236. The van der Waals surface area contributed by atoms with Crippen LogP contribution in [0.1, 0.15) is 0 Å². The number of amides is 2. The lowest BCUT2D eigenvalue weighted by atomic mass is 10.3. The molecule has 0 unspecified atom stereocenters. The molecule has 0 saturated heterocycles. The van der Waals surface area contributed by atoms with E-state index in [9.17, 15) is 13.2 Å². The maximum atomic E-state index is 11.7. The average molecular weight is 296 g/mol. The second-order valence-corrected chi connectivity index (χ2v) is 5.34. The standard InChI is InChI=1S/C11H12N4O4S/c1-15-10(5-6-12-15)14-11(16)13-8-3-2-4-9(7-8)20(17,18)19/h2-7H,1H3,(H2,13,14,16)(H,17,18,19). The van der Waals surface area contributed by atoms with E-state index < -0.39 is 16.1 Å². The Kier molecular flexibility index (Phi) is 3.72. The smallest absolute Gasteiger partial charge is 0.308 e. The first-order chi connectivity index (χ1) is 9.36. The van der Waals surface area contributed by atoms with Crippen LogP contribution >= 0.6 is 0 Å². The van der Waals surface area contributed by atoms with Gasteiger partial charge in [-0.05, 0) is 18.2 Å². The van der Waals surface area contributed by atoms with Crippen LogP contribution < -0.4 is 10.6 Å². The highest BCUT2D eigenvalue weighted by molar-refractivity contribution is 7.85. The zero-order valence-electron chi connectivity index (χ0n) is 10.4. The number of nitrogens with one attached hydrogen (secondary N) is 2. The molecule has 0 aliphatic rings. The van der Waals surface area contributed by atoms with Gasteiger partial charge in [0.25, 0.3) is 10.1 Å². The van der Waals surface area contributed by atoms with Gasteiger partial charge in [0.2, 0.25) is 0 Å². The summed E-state index contributed by atoms with van der Waals surface area (Å²) in [4.78, 5) is 11.4. The van der Waals surface area contributed by atoms with Gasteiger partial charge in [-0.1, -0.05) is 6.07 Å². The third kappa shape index (κ3) is 3.33. The molecule has 0 atom stereocenters. The van der Waals surface area contributed by atoms with Crippen molar-refractivity contribution in [3.63, 3.8) is 0 Å². The number of carbonyl (C=O) groups is 1. The Balaban J connectivity index is 2.11. The average Bonchev–Trinajstić information content (AvgIpc) is 2.74. The molecule has 1 aromatic carbocycles. The lowest BCUT2D eigenvalue weighted by Crippen LogP contribution is -2.21. The first-order valence-corrected chi connectivity index (χ1v) is 6.94. The lowest BCUT2D eigenvalue weighted by Gasteiger charge is -2.08. The fourth-order valence-electron chi connectivity index (χ4n) is 1.51. The van der Waals surface area contributed by atoms with Gasteiger partial charge in [0, 0.05) is 18.8 Å². The van der Waals surface area contributed by atoms with Crippen LogP contribution in [0.5, 0.6) is 0 Å². The van der Waals surface area contributed by atoms with Gasteiger partial charge in [-0.15, -0.1) is 0 Å². The summed E-state index contributed by atoms with van der Waals surface area (Å²) >= 11 is 0. The molecule has 0 aliphatic carbocycles. The molecule has 8 nitrogen and oxygen atoms in total. The Labute approximate surface area is 115 Å². The molecule has 3 N–H and O–H groups in total. The van der Waals surface area contributed by atoms with Crippen LogP contribution in [-0.4, -0.2) is 28.8 Å². The normalized spacial score (nSPS) is 11.1. The number of aryl methyl sites for hydroxylation is 1. The van der Waals surface area contributed by atoms with E-state index in [1.807, 2.05) is 0 Å². The van der Waals surface area contributed by atoms with Crippen LogP contribution in [-0.2, 0) is 17.2 Å². The lowest BCUT2D eigenvalue weighted by molar-refractivity contribution is 0.262. The molecule has 0 radical (unpaired) electrons. The van der Waals surface area contributed by atoms with E-state index in [4.69, 9.17) is 4.55 Å². The van der Waals surface area contributed by atoms with Crippen LogP contribution in [0.15, 0.2) is 41.4 Å². The zero-order valence-corrected chi connectivity index (χ0v) is 11.3. The van der Waals surface area contributed by atoms with Crippen molar-refractivity contribution in [2.45, 2.75) is 4.90 Å². The Bertz CT molecular complexity index is 738. The molecule has 0 bridgehead atoms. The van der Waals surface area contributed by atoms with Crippen molar-refractivity contribution in [3.05, 3.63) is 36.5 Å². The minimum atomic E-state index is -4.30. The second kappa shape index (κ2) is 5.31. The number of hydrogen-bond acceptors (Lipinski definition) is 4. The molecule has 0 saturated carbocycles. The molecule has 0 fully saturated rings. The molecule has 9 heteroatoms. The predicted octanol–water partition coefficient (Wildman–Crippen LogP) is 1.31. The Hall–Kier alpha value is -2.39. The second-order valence-electron chi connectivity index (χ2n) is 3.92. The van der Waals surface area contributed by atoms with Gasteiger partial charge in [-0.2, -0.15) is 13.5 Å². The number of anilines is 2. The van der Waals surface area contributed by atoms with Crippen LogP contribution in [0.3, 0.4) is 0 Å². The predicted molar refractivity (Wildman–Crippen MR) is 72.1 cm³/mol. The molecule has 20 heavy (non-hydrogen) atoms. The Morgan fingerprint density at radius 2 is 2.05 bits per heavy atom. The molecular formula is C11H12N4O4S. The van der Waals surface area contributed by atoms with E-state index in [1.54, 1.807) is 13.1 Å². The van der Waals surface area contributed by atoms with E-state index in [0.717, 1.165) is 6.07 Å². The maximum absolute atomic E-state index is 11.7. The van der Waals surface area contributed by atoms with Gasteiger partial charge < -0.3 is 5.32 Å². The minimum absolute atomic E-state index is 0.236. The minimum Gasteiger partial charge on any atom is -0.308 e. The van der Waals surface area contributed by atoms with Crippen LogP contribution in [0.25, 0.3) is 0 Å². The van der Waals surface area contributed by atoms with Gasteiger partial charge in [-0.3, -0.25) is 14.6 Å². The highest BCUT2D eigenvalue weighted by Gasteiger charge is 2.11. The molecule has 106 valence electrons. The summed E-state index contributed by atoms with van der Waals surface area (Å²) in [6.45, 7) is 0. The molecule has 1 heterocycles. The van der Waals surface area contributed by atoms with E-state index in [-0.39, 0.29) is 10.6 Å². The van der Waals surface area contributed by atoms with E-state index >= 15 is 0 Å². The molecule has 2 rings (SSSR count). The topological polar surface area (TPSA) is 113 Å².